The molecule has 1 N–H and O–H groups in total. The zero-order chi connectivity index (χ0) is 19.0. The second-order valence-corrected chi connectivity index (χ2v) is 8.08. The molecule has 27 heavy (non-hydrogen) atoms. The third-order valence-electron chi connectivity index (χ3n) is 4.46. The Hall–Kier alpha value is -2.45. The number of carbonyl (C=O) groups excluding carboxylic acids is 2. The lowest BCUT2D eigenvalue weighted by Gasteiger charge is -2.18. The number of methoxy groups -OCH3 is 1. The fourth-order valence-electron chi connectivity index (χ4n) is 3.08. The van der Waals surface area contributed by atoms with Gasteiger partial charge in [0.05, 0.1) is 28.9 Å². The van der Waals surface area contributed by atoms with Crippen LogP contribution >= 0.6 is 27.3 Å². The highest BCUT2D eigenvalue weighted by molar-refractivity contribution is 9.10. The van der Waals surface area contributed by atoms with Crippen LogP contribution in [0.3, 0.4) is 0 Å². The van der Waals surface area contributed by atoms with Crippen molar-refractivity contribution in [3.8, 4) is 5.75 Å². The Kier molecular flexibility index (Phi) is 4.84. The minimum Gasteiger partial charge on any atom is -0.497 e. The van der Waals surface area contributed by atoms with Gasteiger partial charge in [0.15, 0.2) is 5.13 Å². The van der Waals surface area contributed by atoms with Gasteiger partial charge in [-0.3, -0.25) is 9.59 Å². The average Bonchev–Trinajstić information content (AvgIpc) is 3.24. The largest absolute Gasteiger partial charge is 0.497 e. The van der Waals surface area contributed by atoms with Crippen molar-refractivity contribution in [3.63, 3.8) is 0 Å². The Bertz CT molecular complexity index is 1040. The van der Waals surface area contributed by atoms with E-state index in [9.17, 15) is 9.59 Å². The van der Waals surface area contributed by atoms with E-state index in [1.54, 1.807) is 12.0 Å². The van der Waals surface area contributed by atoms with E-state index in [0.29, 0.717) is 11.7 Å². The van der Waals surface area contributed by atoms with Crippen molar-refractivity contribution in [2.24, 2.45) is 5.92 Å². The number of aromatic nitrogens is 1. The van der Waals surface area contributed by atoms with Crippen LogP contribution < -0.4 is 15.0 Å². The van der Waals surface area contributed by atoms with Crippen molar-refractivity contribution in [3.05, 3.63) is 46.9 Å². The molecule has 4 rings (SSSR count). The third kappa shape index (κ3) is 3.54. The number of para-hydroxylation sites is 1. The van der Waals surface area contributed by atoms with Crippen molar-refractivity contribution in [2.75, 3.05) is 23.9 Å². The summed E-state index contributed by atoms with van der Waals surface area (Å²) in [6.45, 7) is 0.353. The molecular formula is C19H16BrN3O3S. The quantitative estimate of drug-likeness (QED) is 0.656. The summed E-state index contributed by atoms with van der Waals surface area (Å²) >= 11 is 4.85. The Balaban J connectivity index is 1.49. The second-order valence-electron chi connectivity index (χ2n) is 6.20. The SMILES string of the molecule is COc1ccc2nc(NC(=O)C3CC(=O)N(c4ccccc4Br)C3)sc2c1. The molecule has 2 aromatic carbocycles. The summed E-state index contributed by atoms with van der Waals surface area (Å²) in [5, 5.41) is 3.38. The Morgan fingerprint density at radius 3 is 2.93 bits per heavy atom. The maximum Gasteiger partial charge on any atom is 0.231 e. The molecule has 2 heterocycles. The number of anilines is 2. The van der Waals surface area contributed by atoms with Crippen LogP contribution in [-0.2, 0) is 9.59 Å². The molecule has 6 nitrogen and oxygen atoms in total. The Morgan fingerprint density at radius 2 is 2.15 bits per heavy atom. The molecule has 0 radical (unpaired) electrons. The predicted octanol–water partition coefficient (Wildman–Crippen LogP) is 4.06. The lowest BCUT2D eigenvalue weighted by Crippen LogP contribution is -2.28. The number of hydrogen-bond donors (Lipinski definition) is 1. The van der Waals surface area contributed by atoms with Crippen LogP contribution in [0.2, 0.25) is 0 Å². The summed E-state index contributed by atoms with van der Waals surface area (Å²) in [4.78, 5) is 31.2. The van der Waals surface area contributed by atoms with Crippen LogP contribution in [0.1, 0.15) is 6.42 Å². The van der Waals surface area contributed by atoms with Crippen molar-refractivity contribution >= 4 is 60.1 Å². The molecule has 1 saturated heterocycles. The number of nitrogens with zero attached hydrogens (tertiary/aromatic N) is 2. The summed E-state index contributed by atoms with van der Waals surface area (Å²) < 4.78 is 6.98. The van der Waals surface area contributed by atoms with Gasteiger partial charge >= 0.3 is 0 Å². The molecule has 1 atom stereocenters. The van der Waals surface area contributed by atoms with Gasteiger partial charge in [0.25, 0.3) is 0 Å². The summed E-state index contributed by atoms with van der Waals surface area (Å²) in [6, 6.07) is 13.1. The predicted molar refractivity (Wildman–Crippen MR) is 109 cm³/mol. The Labute approximate surface area is 168 Å². The minimum atomic E-state index is -0.411. The van der Waals surface area contributed by atoms with Gasteiger partial charge in [-0.05, 0) is 46.3 Å². The van der Waals surface area contributed by atoms with E-state index in [4.69, 9.17) is 4.74 Å². The van der Waals surface area contributed by atoms with Gasteiger partial charge < -0.3 is 15.0 Å². The number of nitrogens with one attached hydrogen (secondary N) is 1. The molecule has 2 amide bonds. The molecule has 1 aromatic heterocycles. The molecule has 0 bridgehead atoms. The van der Waals surface area contributed by atoms with Gasteiger partial charge in [-0.1, -0.05) is 23.5 Å². The van der Waals surface area contributed by atoms with Gasteiger partial charge in [0, 0.05) is 17.4 Å². The summed E-state index contributed by atoms with van der Waals surface area (Å²) in [5.74, 6) is 0.0839. The second kappa shape index (κ2) is 7.28. The lowest BCUT2D eigenvalue weighted by molar-refractivity contribution is -0.122. The van der Waals surface area contributed by atoms with E-state index < -0.39 is 5.92 Å². The number of carbonyl (C=O) groups is 2. The molecule has 0 saturated carbocycles. The fourth-order valence-corrected chi connectivity index (χ4v) is 4.48. The van der Waals surface area contributed by atoms with E-state index >= 15 is 0 Å². The normalized spacial score (nSPS) is 16.7. The highest BCUT2D eigenvalue weighted by atomic mass is 79.9. The van der Waals surface area contributed by atoms with Crippen molar-refractivity contribution in [2.45, 2.75) is 6.42 Å². The molecule has 1 aliphatic rings. The number of fused-ring (bicyclic) bond motifs is 1. The zero-order valence-corrected chi connectivity index (χ0v) is 16.8. The van der Waals surface area contributed by atoms with Crippen LogP contribution in [0.4, 0.5) is 10.8 Å². The molecule has 1 unspecified atom stereocenters. The molecule has 1 aliphatic heterocycles. The zero-order valence-electron chi connectivity index (χ0n) is 14.4. The van der Waals surface area contributed by atoms with Gasteiger partial charge in [0.2, 0.25) is 11.8 Å². The molecule has 3 aromatic rings. The molecule has 138 valence electrons. The molecular weight excluding hydrogens is 430 g/mol. The monoisotopic (exact) mass is 445 g/mol. The Morgan fingerprint density at radius 1 is 1.33 bits per heavy atom. The highest BCUT2D eigenvalue weighted by Gasteiger charge is 2.36. The topological polar surface area (TPSA) is 71.5 Å². The van der Waals surface area contributed by atoms with Crippen molar-refractivity contribution in [1.82, 2.24) is 4.98 Å². The van der Waals surface area contributed by atoms with E-state index in [1.165, 1.54) is 11.3 Å². The lowest BCUT2D eigenvalue weighted by atomic mass is 10.1. The fraction of sp³-hybridized carbons (Fsp3) is 0.211. The maximum absolute atomic E-state index is 12.7. The van der Waals surface area contributed by atoms with Crippen LogP contribution in [-0.4, -0.2) is 30.5 Å². The number of rotatable bonds is 4. The maximum atomic E-state index is 12.7. The van der Waals surface area contributed by atoms with Gasteiger partial charge in [-0.25, -0.2) is 4.98 Å². The van der Waals surface area contributed by atoms with E-state index in [1.807, 2.05) is 42.5 Å². The first kappa shape index (κ1) is 17.9. The van der Waals surface area contributed by atoms with Crippen molar-refractivity contribution in [1.29, 1.82) is 0 Å². The average molecular weight is 446 g/mol. The van der Waals surface area contributed by atoms with Gasteiger partial charge in [-0.2, -0.15) is 0 Å². The van der Waals surface area contributed by atoms with Crippen LogP contribution in [0.15, 0.2) is 46.9 Å². The number of halogens is 1. The number of ether oxygens (including phenoxy) is 1. The first-order valence-electron chi connectivity index (χ1n) is 8.35. The standard InChI is InChI=1S/C19H16BrN3O3S/c1-26-12-6-7-14-16(9-12)27-19(21-14)22-18(25)11-8-17(24)23(10-11)15-5-3-2-4-13(15)20/h2-7,9,11H,8,10H2,1H3,(H,21,22,25). The number of hydrogen-bond acceptors (Lipinski definition) is 5. The molecule has 0 spiro atoms. The van der Waals surface area contributed by atoms with Crippen LogP contribution in [0.25, 0.3) is 10.2 Å². The smallest absolute Gasteiger partial charge is 0.231 e. The first-order chi connectivity index (χ1) is 13.0. The van der Waals surface area contributed by atoms with Crippen LogP contribution in [0.5, 0.6) is 5.75 Å². The number of amides is 2. The summed E-state index contributed by atoms with van der Waals surface area (Å²) in [6.07, 6.45) is 0.186. The van der Waals surface area contributed by atoms with E-state index in [2.05, 4.69) is 26.2 Å². The van der Waals surface area contributed by atoms with E-state index in [0.717, 1.165) is 26.1 Å². The molecule has 1 fully saturated rings. The van der Waals surface area contributed by atoms with Crippen LogP contribution in [0, 0.1) is 5.92 Å². The van der Waals surface area contributed by atoms with Gasteiger partial charge in [-0.15, -0.1) is 0 Å². The number of thiazole rings is 1. The third-order valence-corrected chi connectivity index (χ3v) is 6.07. The molecule has 8 heteroatoms. The number of benzene rings is 2. The van der Waals surface area contributed by atoms with E-state index in [-0.39, 0.29) is 18.2 Å². The molecule has 0 aliphatic carbocycles. The minimum absolute atomic E-state index is 0.0592. The highest BCUT2D eigenvalue weighted by Crippen LogP contribution is 2.33. The van der Waals surface area contributed by atoms with Gasteiger partial charge in [0.1, 0.15) is 5.75 Å². The van der Waals surface area contributed by atoms with Crippen molar-refractivity contribution < 1.29 is 14.3 Å². The summed E-state index contributed by atoms with van der Waals surface area (Å²) in [5.41, 5.74) is 1.58. The summed E-state index contributed by atoms with van der Waals surface area (Å²) in [7, 11) is 1.61. The first-order valence-corrected chi connectivity index (χ1v) is 9.96.